The SMILES string of the molecule is Cc1cc(F)cc(-c2cc(C(C)(C)CC(C)(C)C)cc(Nc3cc(-c4cc(C(C)(C)C)cc(C(C)(C)C)c4)ccc3-c3ccc(-c4cc(C(C)(C)C)cc(C(C)(C)C)c4)cc3)c2O)c1OCCCOc1c(C)cc(F)cc1-c1cc(C(C)(C)CC(C)(C)C)cc(-n2c3ccc(-c4cc(C(C)(C)C)cc(C(C)(C)C)c4)cc3c3cc(-c4cc(C(C)(C)C)cc(C(C)(C)C)c4)ccc32)c1O.[CH3-].[CH3-].[Hf]. The summed E-state index contributed by atoms with van der Waals surface area (Å²) in [6, 6.07) is 71.6. The van der Waals surface area contributed by atoms with Crippen molar-refractivity contribution in [2.24, 2.45) is 10.8 Å². The Balaban J connectivity index is 0.00000637. The molecule has 0 bridgehead atoms. The molecule has 722 valence electrons. The van der Waals surface area contributed by atoms with Crippen LogP contribution in [0.4, 0.5) is 20.2 Å². The summed E-state index contributed by atoms with van der Waals surface area (Å²) in [5.41, 5.74) is 27.3. The molecule has 0 atom stereocenters. The molecule has 0 saturated heterocycles. The first-order chi connectivity index (χ1) is 61.1. The Hall–Kier alpha value is -9.83. The minimum absolute atomic E-state index is 0. The molecule has 0 amide bonds. The Labute approximate surface area is 837 Å². The number of nitrogens with zero attached hydrogens (tertiary/aromatic N) is 1. The average Bonchev–Trinajstić information content (AvgIpc) is 1.57. The number of rotatable bonds is 20. The fourth-order valence-corrected chi connectivity index (χ4v) is 19.6. The van der Waals surface area contributed by atoms with E-state index in [1.807, 2.05) is 19.9 Å². The molecule has 0 aliphatic rings. The van der Waals surface area contributed by atoms with Crippen molar-refractivity contribution >= 4 is 33.2 Å². The van der Waals surface area contributed by atoms with Crippen LogP contribution in [0.15, 0.2) is 200 Å². The number of halogens is 2. The van der Waals surface area contributed by atoms with Gasteiger partial charge in [0.25, 0.3) is 0 Å². The fourth-order valence-electron chi connectivity index (χ4n) is 19.6. The largest absolute Gasteiger partial charge is 0.505 e. The Morgan fingerprint density at radius 1 is 0.279 bits per heavy atom. The number of hydrogen-bond donors (Lipinski definition) is 3. The maximum Gasteiger partial charge on any atom is 0.147 e. The van der Waals surface area contributed by atoms with Gasteiger partial charge < -0.3 is 44.4 Å². The second kappa shape index (κ2) is 38.7. The van der Waals surface area contributed by atoms with Gasteiger partial charge in [-0.1, -0.05) is 357 Å². The number of aryl methyl sites for hydroxylation is 2. The smallest absolute Gasteiger partial charge is 0.147 e. The molecule has 9 heteroatoms. The predicted octanol–water partition coefficient (Wildman–Crippen LogP) is 37.1. The summed E-state index contributed by atoms with van der Waals surface area (Å²) in [7, 11) is 0. The van der Waals surface area contributed by atoms with Crippen molar-refractivity contribution in [3.8, 4) is 107 Å². The average molecular weight is 2000 g/mol. The number of hydrogen-bond acceptors (Lipinski definition) is 5. The van der Waals surface area contributed by atoms with E-state index in [0.29, 0.717) is 62.7 Å². The Morgan fingerprint density at radius 2 is 0.574 bits per heavy atom. The number of anilines is 2. The van der Waals surface area contributed by atoms with Crippen LogP contribution in [-0.4, -0.2) is 28.0 Å². The molecule has 0 unspecified atom stereocenters. The van der Waals surface area contributed by atoms with Gasteiger partial charge in [-0.15, -0.1) is 0 Å². The standard InChI is InChI=1S/C125H154F2N2O4.2CH3.Hf/c1-75-50-96(126)71-103(101-67-94(124(33,34)73-114(3,4)5)69-106(110(101)130)128-105-62-81(85-58-92(122(27,28)29)66-93(59-85)123(30,31)32)42-45-98(105)78-40-38-77(39-41-78)82-52-86(116(9,10)11)63-87(53-82)117(12,13)14)112(75)132-48-37-49-133-113-76(2)51-97(127)72-104(113)102-68-95(125(35,36)74-115(6,7)8)70-109(111(102)131)129-107-46-43-79(83-54-88(118(15,16)17)64-89(55-83)119(18,19)20)60-99(107)100-61-80(44-47-108(100)129)84-56-90(120(21,22)23)65-91(57-84)121(24,25)26;;;/h38-47,50-72,128,130-131H,37,48-49,73-74H2,1-36H3;2*1H3;/q;2*-1;. The van der Waals surface area contributed by atoms with E-state index < -0.39 is 22.5 Å². The summed E-state index contributed by atoms with van der Waals surface area (Å²) in [6.07, 6.45) is 1.93. The van der Waals surface area contributed by atoms with Crippen LogP contribution in [0.2, 0.25) is 0 Å². The van der Waals surface area contributed by atoms with Gasteiger partial charge in [-0.25, -0.2) is 8.78 Å². The quantitative estimate of drug-likeness (QED) is 0.0307. The number of benzene rings is 12. The predicted molar refractivity (Wildman–Crippen MR) is 580 cm³/mol. The van der Waals surface area contributed by atoms with Gasteiger partial charge >= 0.3 is 0 Å². The minimum atomic E-state index is -0.472. The molecule has 0 aliphatic heterocycles. The number of phenols is 2. The van der Waals surface area contributed by atoms with Gasteiger partial charge in [0.1, 0.15) is 34.6 Å². The van der Waals surface area contributed by atoms with Crippen molar-refractivity contribution in [2.45, 2.75) is 323 Å². The van der Waals surface area contributed by atoms with Crippen molar-refractivity contribution in [1.82, 2.24) is 4.57 Å². The van der Waals surface area contributed by atoms with Crippen LogP contribution in [-0.2, 0) is 80.0 Å². The minimum Gasteiger partial charge on any atom is -0.505 e. The third kappa shape index (κ3) is 24.2. The van der Waals surface area contributed by atoms with E-state index in [-0.39, 0.29) is 120 Å². The topological polar surface area (TPSA) is 75.9 Å². The van der Waals surface area contributed by atoms with Crippen LogP contribution in [0, 0.1) is 51.2 Å². The molecule has 0 fully saturated rings. The van der Waals surface area contributed by atoms with E-state index >= 15 is 8.78 Å². The summed E-state index contributed by atoms with van der Waals surface area (Å²) >= 11 is 0. The van der Waals surface area contributed by atoms with Crippen LogP contribution in [0.25, 0.3) is 105 Å². The van der Waals surface area contributed by atoms with Crippen LogP contribution >= 0.6 is 0 Å². The monoisotopic (exact) mass is 2000 g/mol. The fraction of sp³-hybridized carbons (Fsp3) is 0.417. The molecule has 136 heavy (non-hydrogen) atoms. The van der Waals surface area contributed by atoms with Gasteiger partial charge in [0, 0.05) is 76.5 Å². The number of ether oxygens (including phenoxy) is 2. The van der Waals surface area contributed by atoms with Crippen molar-refractivity contribution in [3.05, 3.63) is 293 Å². The molecular formula is C127H160F2HfN2O4-2. The first-order valence-electron chi connectivity index (χ1n) is 48.5. The molecule has 1 aromatic heterocycles. The van der Waals surface area contributed by atoms with E-state index in [4.69, 9.17) is 9.47 Å². The van der Waals surface area contributed by atoms with Crippen LogP contribution in [0.5, 0.6) is 23.0 Å². The molecule has 0 saturated carbocycles. The number of nitrogens with one attached hydrogen (secondary N) is 1. The first kappa shape index (κ1) is 108. The molecule has 6 nitrogen and oxygen atoms in total. The van der Waals surface area contributed by atoms with Gasteiger partial charge in [0.15, 0.2) is 0 Å². The summed E-state index contributed by atoms with van der Waals surface area (Å²) in [5, 5.41) is 33.2. The summed E-state index contributed by atoms with van der Waals surface area (Å²) < 4.78 is 49.9. The molecule has 3 N–H and O–H groups in total. The second-order valence-corrected chi connectivity index (χ2v) is 50.8. The normalized spacial score (nSPS) is 13.0. The summed E-state index contributed by atoms with van der Waals surface area (Å²) in [6.45, 7) is 81.2. The number of fused-ring (bicyclic) bond motifs is 3. The van der Waals surface area contributed by atoms with Gasteiger partial charge in [-0.2, -0.15) is 0 Å². The van der Waals surface area contributed by atoms with E-state index in [0.717, 1.165) is 102 Å². The zero-order chi connectivity index (χ0) is 98.1. The Bertz CT molecular complexity index is 6330. The third-order valence-corrected chi connectivity index (χ3v) is 27.0. The Kier molecular flexibility index (Phi) is 30.8. The molecule has 13 rings (SSSR count). The number of aromatic hydroxyl groups is 2. The van der Waals surface area contributed by atoms with Crippen LogP contribution in [0.1, 0.15) is 321 Å². The van der Waals surface area contributed by atoms with Gasteiger partial charge in [0.2, 0.25) is 0 Å². The van der Waals surface area contributed by atoms with E-state index in [9.17, 15) is 10.2 Å². The maximum atomic E-state index is 16.9. The second-order valence-electron chi connectivity index (χ2n) is 50.8. The summed E-state index contributed by atoms with van der Waals surface area (Å²) in [5.74, 6) is -0.166. The summed E-state index contributed by atoms with van der Waals surface area (Å²) in [4.78, 5) is 0. The zero-order valence-electron chi connectivity index (χ0n) is 90.0. The molecule has 0 aliphatic carbocycles. The van der Waals surface area contributed by atoms with Crippen molar-refractivity contribution in [1.29, 1.82) is 0 Å². The van der Waals surface area contributed by atoms with Crippen molar-refractivity contribution in [3.63, 3.8) is 0 Å². The van der Waals surface area contributed by atoms with Crippen molar-refractivity contribution in [2.75, 3.05) is 18.5 Å². The van der Waals surface area contributed by atoms with E-state index in [2.05, 4.69) is 415 Å². The first-order valence-corrected chi connectivity index (χ1v) is 48.5. The zero-order valence-corrected chi connectivity index (χ0v) is 93.6. The van der Waals surface area contributed by atoms with Crippen LogP contribution < -0.4 is 14.8 Å². The maximum absolute atomic E-state index is 16.9. The third-order valence-electron chi connectivity index (χ3n) is 27.0. The van der Waals surface area contributed by atoms with Crippen molar-refractivity contribution < 1.29 is 54.3 Å². The molecule has 1 heterocycles. The number of phenolic OH excluding ortho intramolecular Hbond substituents is 2. The molecular weight excluding hydrogens is 1830 g/mol. The molecule has 0 spiro atoms. The van der Waals surface area contributed by atoms with Crippen LogP contribution in [0.3, 0.4) is 0 Å². The Morgan fingerprint density at radius 3 is 0.904 bits per heavy atom. The van der Waals surface area contributed by atoms with E-state index in [1.54, 1.807) is 0 Å². The van der Waals surface area contributed by atoms with Gasteiger partial charge in [-0.05, 0) is 287 Å². The van der Waals surface area contributed by atoms with E-state index in [1.165, 1.54) is 74.3 Å². The van der Waals surface area contributed by atoms with Gasteiger partial charge in [-0.3, -0.25) is 0 Å². The number of aromatic nitrogens is 1. The molecule has 0 radical (unpaired) electrons. The van der Waals surface area contributed by atoms with Gasteiger partial charge in [0.05, 0.1) is 35.6 Å². The molecule has 13 aromatic rings. The molecule has 12 aromatic carbocycles.